The number of piperidine rings is 1. The van der Waals surface area contributed by atoms with Gasteiger partial charge < -0.3 is 14.7 Å². The summed E-state index contributed by atoms with van der Waals surface area (Å²) in [5.74, 6) is 0.865. The first-order chi connectivity index (χ1) is 12.2. The Morgan fingerprint density at radius 1 is 1.48 bits per heavy atom. The van der Waals surface area contributed by atoms with E-state index in [9.17, 15) is 4.79 Å². The van der Waals surface area contributed by atoms with Gasteiger partial charge in [0, 0.05) is 18.0 Å². The minimum atomic E-state index is -0.0427. The summed E-state index contributed by atoms with van der Waals surface area (Å²) in [5.41, 5.74) is 1.27. The number of nitrogens with one attached hydrogen (secondary N) is 1. The van der Waals surface area contributed by atoms with Gasteiger partial charge in [-0.1, -0.05) is 11.2 Å². The van der Waals surface area contributed by atoms with Gasteiger partial charge in [-0.3, -0.25) is 4.79 Å². The molecule has 1 atom stereocenters. The van der Waals surface area contributed by atoms with Crippen LogP contribution in [0.15, 0.2) is 28.4 Å². The maximum Gasteiger partial charge on any atom is 0.263 e. The van der Waals surface area contributed by atoms with Crippen LogP contribution in [0.4, 0.5) is 5.82 Å². The zero-order valence-electron chi connectivity index (χ0n) is 13.9. The van der Waals surface area contributed by atoms with Gasteiger partial charge in [-0.25, -0.2) is 4.98 Å². The lowest BCUT2D eigenvalue weighted by atomic mass is 9.97. The fraction of sp³-hybridized carbons (Fsp3) is 0.412. The summed E-state index contributed by atoms with van der Waals surface area (Å²) in [4.78, 5) is 24.4. The van der Waals surface area contributed by atoms with E-state index in [-0.39, 0.29) is 11.8 Å². The summed E-state index contributed by atoms with van der Waals surface area (Å²) in [6.45, 7) is 3.99. The molecule has 1 fully saturated rings. The van der Waals surface area contributed by atoms with Crippen LogP contribution in [0.3, 0.4) is 0 Å². The van der Waals surface area contributed by atoms with Crippen molar-refractivity contribution >= 4 is 34.2 Å². The zero-order chi connectivity index (χ0) is 17.2. The van der Waals surface area contributed by atoms with Gasteiger partial charge in [0.1, 0.15) is 17.5 Å². The van der Waals surface area contributed by atoms with Crippen LogP contribution >= 0.6 is 11.3 Å². The van der Waals surface area contributed by atoms with Crippen molar-refractivity contribution < 1.29 is 9.32 Å². The number of thiophene rings is 1. The molecule has 4 heterocycles. The van der Waals surface area contributed by atoms with Gasteiger partial charge in [0.2, 0.25) is 5.91 Å². The first-order valence-electron chi connectivity index (χ1n) is 8.34. The highest BCUT2D eigenvalue weighted by molar-refractivity contribution is 7.09. The number of fused-ring (bicyclic) bond motifs is 1. The van der Waals surface area contributed by atoms with Gasteiger partial charge in [0.05, 0.1) is 18.2 Å². The highest BCUT2D eigenvalue weighted by Crippen LogP contribution is 2.29. The lowest BCUT2D eigenvalue weighted by Gasteiger charge is -2.33. The SMILES string of the molecule is Cc1noc2ncnc(N3CCCC(C(=O)NCc4cccs4)C3)c12. The van der Waals surface area contributed by atoms with E-state index in [2.05, 4.69) is 25.3 Å². The van der Waals surface area contributed by atoms with Gasteiger partial charge in [-0.2, -0.15) is 4.98 Å². The molecule has 4 rings (SSSR count). The predicted molar refractivity (Wildman–Crippen MR) is 95.4 cm³/mol. The van der Waals surface area contributed by atoms with Crippen molar-refractivity contribution in [2.75, 3.05) is 18.0 Å². The molecule has 1 saturated heterocycles. The number of amides is 1. The standard InChI is InChI=1S/C17H19N5O2S/c1-11-14-15(19-10-20-17(14)24-21-11)22-6-2-4-12(9-22)16(23)18-8-13-5-3-7-25-13/h3,5,7,10,12H,2,4,6,8-9H2,1H3,(H,18,23). The average molecular weight is 357 g/mol. The van der Waals surface area contributed by atoms with Crippen LogP contribution in [0.2, 0.25) is 0 Å². The number of aryl methyl sites for hydroxylation is 1. The Kier molecular flexibility index (Phi) is 4.35. The van der Waals surface area contributed by atoms with Crippen molar-refractivity contribution in [3.8, 4) is 0 Å². The maximum absolute atomic E-state index is 12.6. The predicted octanol–water partition coefficient (Wildman–Crippen LogP) is 2.52. The summed E-state index contributed by atoms with van der Waals surface area (Å²) < 4.78 is 5.23. The van der Waals surface area contributed by atoms with Crippen molar-refractivity contribution in [2.24, 2.45) is 5.92 Å². The molecule has 3 aromatic rings. The smallest absolute Gasteiger partial charge is 0.263 e. The Hall–Kier alpha value is -2.48. The summed E-state index contributed by atoms with van der Waals surface area (Å²) in [6.07, 6.45) is 3.33. The normalized spacial score (nSPS) is 17.8. The molecular formula is C17H19N5O2S. The number of hydrogen-bond acceptors (Lipinski definition) is 7. The molecule has 130 valence electrons. The summed E-state index contributed by atoms with van der Waals surface area (Å²) >= 11 is 1.65. The Bertz CT molecular complexity index is 876. The Morgan fingerprint density at radius 2 is 2.40 bits per heavy atom. The van der Waals surface area contributed by atoms with Gasteiger partial charge in [0.25, 0.3) is 5.71 Å². The second kappa shape index (κ2) is 6.79. The summed E-state index contributed by atoms with van der Waals surface area (Å²) in [7, 11) is 0. The van der Waals surface area contributed by atoms with Crippen LogP contribution in [0, 0.1) is 12.8 Å². The van der Waals surface area contributed by atoms with E-state index in [0.29, 0.717) is 18.8 Å². The molecule has 0 aliphatic carbocycles. The molecule has 8 heteroatoms. The van der Waals surface area contributed by atoms with E-state index in [0.717, 1.165) is 36.3 Å². The van der Waals surface area contributed by atoms with Crippen molar-refractivity contribution in [3.63, 3.8) is 0 Å². The van der Waals surface area contributed by atoms with Crippen molar-refractivity contribution in [2.45, 2.75) is 26.3 Å². The molecule has 0 bridgehead atoms. The zero-order valence-corrected chi connectivity index (χ0v) is 14.8. The van der Waals surface area contributed by atoms with Gasteiger partial charge >= 0.3 is 0 Å². The molecule has 1 N–H and O–H groups in total. The van der Waals surface area contributed by atoms with Gasteiger partial charge in [-0.05, 0) is 31.2 Å². The molecule has 0 aromatic carbocycles. The molecule has 3 aromatic heterocycles. The second-order valence-corrected chi connectivity index (χ2v) is 7.26. The summed E-state index contributed by atoms with van der Waals surface area (Å²) in [6, 6.07) is 4.03. The lowest BCUT2D eigenvalue weighted by molar-refractivity contribution is -0.125. The van der Waals surface area contributed by atoms with Gasteiger partial charge in [-0.15, -0.1) is 11.3 Å². The quantitative estimate of drug-likeness (QED) is 0.772. The van der Waals surface area contributed by atoms with E-state index in [4.69, 9.17) is 4.52 Å². The Labute approximate surface area is 149 Å². The van der Waals surface area contributed by atoms with E-state index in [1.807, 2.05) is 24.4 Å². The monoisotopic (exact) mass is 357 g/mol. The van der Waals surface area contributed by atoms with Gasteiger partial charge in [0.15, 0.2) is 0 Å². The molecule has 0 saturated carbocycles. The average Bonchev–Trinajstić information content (AvgIpc) is 3.30. The van der Waals surface area contributed by atoms with Crippen LogP contribution < -0.4 is 10.2 Å². The number of carbonyl (C=O) groups excluding carboxylic acids is 1. The van der Waals surface area contributed by atoms with Crippen LogP contribution in [0.5, 0.6) is 0 Å². The maximum atomic E-state index is 12.6. The molecule has 1 amide bonds. The molecule has 1 unspecified atom stereocenters. The number of hydrogen-bond donors (Lipinski definition) is 1. The second-order valence-electron chi connectivity index (χ2n) is 6.23. The minimum absolute atomic E-state index is 0.0427. The van der Waals surface area contributed by atoms with Crippen molar-refractivity contribution in [1.29, 1.82) is 0 Å². The van der Waals surface area contributed by atoms with E-state index >= 15 is 0 Å². The molecule has 25 heavy (non-hydrogen) atoms. The number of nitrogens with zero attached hydrogens (tertiary/aromatic N) is 4. The lowest BCUT2D eigenvalue weighted by Crippen LogP contribution is -2.43. The molecular weight excluding hydrogens is 338 g/mol. The Morgan fingerprint density at radius 3 is 3.24 bits per heavy atom. The van der Waals surface area contributed by atoms with Crippen molar-refractivity contribution in [3.05, 3.63) is 34.4 Å². The number of aromatic nitrogens is 3. The molecule has 1 aliphatic rings. The van der Waals surface area contributed by atoms with Crippen LogP contribution in [0.1, 0.15) is 23.4 Å². The largest absolute Gasteiger partial charge is 0.355 e. The Balaban J connectivity index is 1.48. The highest BCUT2D eigenvalue weighted by atomic mass is 32.1. The van der Waals surface area contributed by atoms with Crippen LogP contribution in [0.25, 0.3) is 11.1 Å². The minimum Gasteiger partial charge on any atom is -0.355 e. The van der Waals surface area contributed by atoms with Crippen molar-refractivity contribution in [1.82, 2.24) is 20.4 Å². The third kappa shape index (κ3) is 3.21. The fourth-order valence-electron chi connectivity index (χ4n) is 3.26. The number of rotatable bonds is 4. The third-order valence-electron chi connectivity index (χ3n) is 4.53. The van der Waals surface area contributed by atoms with Crippen LogP contribution in [-0.2, 0) is 11.3 Å². The van der Waals surface area contributed by atoms with E-state index in [1.54, 1.807) is 11.3 Å². The number of anilines is 1. The molecule has 1 aliphatic heterocycles. The fourth-order valence-corrected chi connectivity index (χ4v) is 3.90. The van der Waals surface area contributed by atoms with E-state index in [1.165, 1.54) is 11.2 Å². The summed E-state index contributed by atoms with van der Waals surface area (Å²) in [5, 5.41) is 9.89. The van der Waals surface area contributed by atoms with Crippen LogP contribution in [-0.4, -0.2) is 34.1 Å². The first-order valence-corrected chi connectivity index (χ1v) is 9.22. The molecule has 7 nitrogen and oxygen atoms in total. The highest BCUT2D eigenvalue weighted by Gasteiger charge is 2.28. The number of carbonyl (C=O) groups is 1. The molecule has 0 radical (unpaired) electrons. The topological polar surface area (TPSA) is 84.2 Å². The van der Waals surface area contributed by atoms with E-state index < -0.39 is 0 Å². The first kappa shape index (κ1) is 16.0. The molecule has 0 spiro atoms. The third-order valence-corrected chi connectivity index (χ3v) is 5.41.